The highest BCUT2D eigenvalue weighted by atomic mass is 16.3. The molecule has 35 heavy (non-hydrogen) atoms. The number of aliphatic hydroxyl groups is 2. The Kier molecular flexibility index (Phi) is 25.7. The molecule has 202 valence electrons. The summed E-state index contributed by atoms with van der Waals surface area (Å²) < 4.78 is 0. The van der Waals surface area contributed by atoms with Gasteiger partial charge in [0, 0.05) is 6.42 Å². The van der Waals surface area contributed by atoms with Crippen LogP contribution >= 0.6 is 0 Å². The molecule has 2 atom stereocenters. The lowest BCUT2D eigenvalue weighted by molar-refractivity contribution is -0.123. The van der Waals surface area contributed by atoms with Crippen LogP contribution in [-0.2, 0) is 4.79 Å². The minimum atomic E-state index is -0.661. The van der Waals surface area contributed by atoms with Crippen LogP contribution in [0, 0.1) is 0 Å². The van der Waals surface area contributed by atoms with Crippen LogP contribution in [0.15, 0.2) is 48.6 Å². The highest BCUT2D eigenvalue weighted by Crippen LogP contribution is 2.11. The summed E-state index contributed by atoms with van der Waals surface area (Å²) in [5.41, 5.74) is 0. The molecule has 0 aliphatic rings. The predicted octanol–water partition coefficient (Wildman–Crippen LogP) is 7.72. The van der Waals surface area contributed by atoms with Gasteiger partial charge in [0.05, 0.1) is 18.8 Å². The molecule has 0 aromatic carbocycles. The zero-order valence-corrected chi connectivity index (χ0v) is 22.8. The van der Waals surface area contributed by atoms with E-state index in [-0.39, 0.29) is 12.5 Å². The van der Waals surface area contributed by atoms with Gasteiger partial charge in [-0.2, -0.15) is 0 Å². The van der Waals surface area contributed by atoms with Gasteiger partial charge >= 0.3 is 0 Å². The first kappa shape index (κ1) is 33.4. The quantitative estimate of drug-likeness (QED) is 0.0960. The second-order valence-corrected chi connectivity index (χ2v) is 9.43. The van der Waals surface area contributed by atoms with Crippen LogP contribution in [0.4, 0.5) is 0 Å². The van der Waals surface area contributed by atoms with Gasteiger partial charge in [-0.3, -0.25) is 4.79 Å². The monoisotopic (exact) mass is 489 g/mol. The number of aliphatic hydroxyl groups excluding tert-OH is 2. The second-order valence-electron chi connectivity index (χ2n) is 9.43. The van der Waals surface area contributed by atoms with E-state index in [0.717, 1.165) is 77.0 Å². The third-order valence-electron chi connectivity index (χ3n) is 6.10. The van der Waals surface area contributed by atoms with E-state index < -0.39 is 12.1 Å². The molecule has 2 unspecified atom stereocenters. The molecule has 0 rings (SSSR count). The van der Waals surface area contributed by atoms with Crippen LogP contribution < -0.4 is 5.32 Å². The molecule has 0 spiro atoms. The third kappa shape index (κ3) is 23.8. The number of carbonyl (C=O) groups is 1. The summed E-state index contributed by atoms with van der Waals surface area (Å²) in [7, 11) is 0. The number of unbranched alkanes of at least 4 members (excludes halogenated alkanes) is 9. The Hall–Kier alpha value is -1.65. The zero-order chi connectivity index (χ0) is 25.8. The summed E-state index contributed by atoms with van der Waals surface area (Å²) in [6, 6.07) is -0.539. The van der Waals surface area contributed by atoms with E-state index in [1.54, 1.807) is 0 Å². The van der Waals surface area contributed by atoms with E-state index in [0.29, 0.717) is 12.8 Å². The van der Waals surface area contributed by atoms with Gasteiger partial charge < -0.3 is 15.5 Å². The van der Waals surface area contributed by atoms with Gasteiger partial charge in [-0.05, 0) is 51.4 Å². The van der Waals surface area contributed by atoms with Crippen molar-refractivity contribution in [1.82, 2.24) is 5.32 Å². The van der Waals surface area contributed by atoms with Crippen molar-refractivity contribution < 1.29 is 15.0 Å². The molecule has 0 aliphatic carbocycles. The summed E-state index contributed by atoms with van der Waals surface area (Å²) >= 11 is 0. The van der Waals surface area contributed by atoms with Crippen molar-refractivity contribution in [3.8, 4) is 0 Å². The Morgan fingerprint density at radius 2 is 1.26 bits per heavy atom. The van der Waals surface area contributed by atoms with Crippen LogP contribution in [0.3, 0.4) is 0 Å². The molecule has 4 nitrogen and oxygen atoms in total. The van der Waals surface area contributed by atoms with Crippen molar-refractivity contribution in [3.05, 3.63) is 48.6 Å². The number of allylic oxidation sites excluding steroid dienone is 8. The van der Waals surface area contributed by atoms with Crippen molar-refractivity contribution in [2.24, 2.45) is 0 Å². The van der Waals surface area contributed by atoms with Crippen molar-refractivity contribution in [3.63, 3.8) is 0 Å². The molecule has 0 radical (unpaired) electrons. The highest BCUT2D eigenvalue weighted by molar-refractivity contribution is 5.76. The highest BCUT2D eigenvalue weighted by Gasteiger charge is 2.19. The Labute approximate surface area is 216 Å². The number of carbonyl (C=O) groups excluding carboxylic acids is 1. The van der Waals surface area contributed by atoms with Crippen LogP contribution in [0.25, 0.3) is 0 Å². The fourth-order valence-electron chi connectivity index (χ4n) is 3.88. The van der Waals surface area contributed by atoms with Crippen molar-refractivity contribution in [1.29, 1.82) is 0 Å². The van der Waals surface area contributed by atoms with E-state index in [9.17, 15) is 15.0 Å². The Morgan fingerprint density at radius 3 is 1.86 bits per heavy atom. The predicted molar refractivity (Wildman–Crippen MR) is 151 cm³/mol. The molecule has 0 aliphatic heterocycles. The molecular formula is C31H55NO3. The summed E-state index contributed by atoms with van der Waals surface area (Å²) in [6.07, 6.45) is 34.7. The van der Waals surface area contributed by atoms with E-state index in [2.05, 4.69) is 67.8 Å². The second kappa shape index (κ2) is 26.9. The minimum absolute atomic E-state index is 0.0593. The van der Waals surface area contributed by atoms with Gasteiger partial charge in [0.2, 0.25) is 5.91 Å². The van der Waals surface area contributed by atoms with Crippen LogP contribution in [-0.4, -0.2) is 34.9 Å². The molecule has 1 amide bonds. The zero-order valence-electron chi connectivity index (χ0n) is 22.8. The molecule has 3 N–H and O–H groups in total. The molecular weight excluding hydrogens is 434 g/mol. The lowest BCUT2D eigenvalue weighted by atomic mass is 10.0. The van der Waals surface area contributed by atoms with Gasteiger partial charge in [-0.25, -0.2) is 0 Å². The van der Waals surface area contributed by atoms with Crippen molar-refractivity contribution in [2.45, 2.75) is 135 Å². The van der Waals surface area contributed by atoms with Gasteiger partial charge in [-0.15, -0.1) is 0 Å². The smallest absolute Gasteiger partial charge is 0.220 e. The molecule has 0 bridgehead atoms. The van der Waals surface area contributed by atoms with E-state index in [1.807, 2.05) is 0 Å². The first-order valence-electron chi connectivity index (χ1n) is 14.3. The van der Waals surface area contributed by atoms with Crippen LogP contribution in [0.1, 0.15) is 123 Å². The minimum Gasteiger partial charge on any atom is -0.394 e. The lowest BCUT2D eigenvalue weighted by Crippen LogP contribution is -2.45. The number of hydrogen-bond donors (Lipinski definition) is 3. The normalized spacial score (nSPS) is 14.1. The lowest BCUT2D eigenvalue weighted by Gasteiger charge is -2.22. The maximum absolute atomic E-state index is 12.1. The van der Waals surface area contributed by atoms with Gasteiger partial charge in [0.15, 0.2) is 0 Å². The molecule has 0 aromatic heterocycles. The van der Waals surface area contributed by atoms with Crippen LogP contribution in [0.5, 0.6) is 0 Å². The molecule has 0 saturated carbocycles. The summed E-state index contributed by atoms with van der Waals surface area (Å²) in [5.74, 6) is -0.0593. The van der Waals surface area contributed by atoms with E-state index >= 15 is 0 Å². The number of hydrogen-bond acceptors (Lipinski definition) is 3. The van der Waals surface area contributed by atoms with Gasteiger partial charge in [-0.1, -0.05) is 114 Å². The maximum Gasteiger partial charge on any atom is 0.220 e. The first-order chi connectivity index (χ1) is 17.2. The molecule has 0 saturated heterocycles. The summed E-state index contributed by atoms with van der Waals surface area (Å²) in [4.78, 5) is 12.1. The van der Waals surface area contributed by atoms with Gasteiger partial charge in [0.1, 0.15) is 0 Å². The average molecular weight is 490 g/mol. The first-order valence-corrected chi connectivity index (χ1v) is 14.3. The Morgan fingerprint density at radius 1 is 0.714 bits per heavy atom. The molecule has 4 heteroatoms. The summed E-state index contributed by atoms with van der Waals surface area (Å²) in [6.45, 7) is 4.10. The van der Waals surface area contributed by atoms with E-state index in [4.69, 9.17) is 0 Å². The third-order valence-corrected chi connectivity index (χ3v) is 6.10. The average Bonchev–Trinajstić information content (AvgIpc) is 2.86. The Bertz CT molecular complexity index is 580. The topological polar surface area (TPSA) is 69.6 Å². The van der Waals surface area contributed by atoms with Crippen molar-refractivity contribution in [2.75, 3.05) is 6.61 Å². The standard InChI is InChI=1S/C31H55NO3/c1-3-5-7-9-10-11-12-13-14-15-16-17-18-19-20-21-22-23-25-27-31(35)32-29(28-33)30(34)26-24-8-6-4-2/h5,7,10-11,13-14,16-17,29-30,33-34H,3-4,6,8-9,12,15,18-28H2,1-2H3,(H,32,35)/b7-5-,11-10-,14-13-,17-16-. The number of nitrogens with one attached hydrogen (secondary N) is 1. The number of rotatable bonds is 24. The largest absolute Gasteiger partial charge is 0.394 e. The SMILES string of the molecule is CC/C=C\C/C=C\C/C=C\C/C=C\CCCCCCCCC(=O)NC(CO)C(O)CCCCCC. The number of amides is 1. The molecule has 0 aromatic rings. The van der Waals surface area contributed by atoms with Crippen LogP contribution in [0.2, 0.25) is 0 Å². The maximum atomic E-state index is 12.1. The Balaban J connectivity index is 3.61. The van der Waals surface area contributed by atoms with E-state index in [1.165, 1.54) is 19.3 Å². The molecule has 0 fully saturated rings. The summed E-state index contributed by atoms with van der Waals surface area (Å²) in [5, 5.41) is 22.5. The fourth-order valence-corrected chi connectivity index (χ4v) is 3.88. The fraction of sp³-hybridized carbons (Fsp3) is 0.710. The van der Waals surface area contributed by atoms with Gasteiger partial charge in [0.25, 0.3) is 0 Å². The molecule has 0 heterocycles. The van der Waals surface area contributed by atoms with Crippen molar-refractivity contribution >= 4 is 5.91 Å².